The first-order valence-corrected chi connectivity index (χ1v) is 8.65. The number of ether oxygens (including phenoxy) is 1. The number of hydrogen-bond donors (Lipinski definition) is 0. The van der Waals surface area contributed by atoms with Crippen molar-refractivity contribution in [3.05, 3.63) is 12.0 Å². The maximum absolute atomic E-state index is 5.01. The summed E-state index contributed by atoms with van der Waals surface area (Å²) in [4.78, 5) is 0. The summed E-state index contributed by atoms with van der Waals surface area (Å²) in [6.07, 6.45) is 20.2. The maximum Gasteiger partial charge on any atom is 0.138 e. The zero-order chi connectivity index (χ0) is 13.8. The van der Waals surface area contributed by atoms with Crippen LogP contribution in [-0.4, -0.2) is 0 Å². The van der Waals surface area contributed by atoms with Crippen LogP contribution in [0.1, 0.15) is 97.3 Å². The summed E-state index contributed by atoms with van der Waals surface area (Å²) < 4.78 is 5.01. The van der Waals surface area contributed by atoms with E-state index >= 15 is 0 Å². The van der Waals surface area contributed by atoms with E-state index in [9.17, 15) is 0 Å². The molecule has 1 rings (SSSR count). The summed E-state index contributed by atoms with van der Waals surface area (Å²) in [5.74, 6) is 2.11. The molecule has 1 aliphatic rings. The van der Waals surface area contributed by atoms with Gasteiger partial charge in [0.05, 0.1) is 0 Å². The molecule has 0 saturated carbocycles. The molecule has 0 fully saturated rings. The standard InChI is InChI=1S/C18H34O/c1-17(2)14-12-10-8-6-4-3-5-7-9-11-13-15-18-16-19-18/h16-17H,3-15H2,1-2H3. The van der Waals surface area contributed by atoms with E-state index in [1.807, 2.05) is 6.26 Å². The molecule has 0 radical (unpaired) electrons. The molecule has 1 nitrogen and oxygen atoms in total. The Morgan fingerprint density at radius 2 is 1.16 bits per heavy atom. The Balaban J connectivity index is 1.63. The van der Waals surface area contributed by atoms with E-state index < -0.39 is 0 Å². The second-order valence-electron chi connectivity index (χ2n) is 6.52. The van der Waals surface area contributed by atoms with Gasteiger partial charge in [0.25, 0.3) is 0 Å². The predicted molar refractivity (Wildman–Crippen MR) is 84.0 cm³/mol. The summed E-state index contributed by atoms with van der Waals surface area (Å²) in [7, 11) is 0. The van der Waals surface area contributed by atoms with Crippen LogP contribution in [0.25, 0.3) is 0 Å². The average Bonchev–Trinajstić information content (AvgIpc) is 3.18. The van der Waals surface area contributed by atoms with Gasteiger partial charge in [0.2, 0.25) is 0 Å². The van der Waals surface area contributed by atoms with Crippen molar-refractivity contribution < 1.29 is 4.74 Å². The molecule has 0 bridgehead atoms. The molecule has 112 valence electrons. The smallest absolute Gasteiger partial charge is 0.138 e. The minimum atomic E-state index is 0.891. The first-order valence-electron chi connectivity index (χ1n) is 8.65. The molecule has 0 spiro atoms. The third-order valence-corrected chi connectivity index (χ3v) is 3.99. The van der Waals surface area contributed by atoms with Crippen LogP contribution in [0.3, 0.4) is 0 Å². The molecular formula is C18H34O. The summed E-state index contributed by atoms with van der Waals surface area (Å²) in [5.41, 5.74) is 0. The van der Waals surface area contributed by atoms with Gasteiger partial charge in [-0.1, -0.05) is 84.5 Å². The normalized spacial score (nSPS) is 13.5. The molecule has 0 atom stereocenters. The van der Waals surface area contributed by atoms with Crippen LogP contribution in [0.4, 0.5) is 0 Å². The Hall–Kier alpha value is -0.460. The molecule has 0 aromatic rings. The largest absolute Gasteiger partial charge is 0.463 e. The minimum Gasteiger partial charge on any atom is -0.463 e. The number of hydrogen-bond acceptors (Lipinski definition) is 1. The topological polar surface area (TPSA) is 12.5 Å². The van der Waals surface area contributed by atoms with E-state index in [0.717, 1.165) is 5.92 Å². The van der Waals surface area contributed by atoms with Gasteiger partial charge in [0.15, 0.2) is 0 Å². The lowest BCUT2D eigenvalue weighted by Gasteiger charge is -2.04. The summed E-state index contributed by atoms with van der Waals surface area (Å²) in [6.45, 7) is 4.66. The van der Waals surface area contributed by atoms with Crippen molar-refractivity contribution >= 4 is 0 Å². The van der Waals surface area contributed by atoms with Crippen molar-refractivity contribution in [2.75, 3.05) is 0 Å². The Labute approximate surface area is 120 Å². The van der Waals surface area contributed by atoms with Gasteiger partial charge >= 0.3 is 0 Å². The van der Waals surface area contributed by atoms with E-state index in [-0.39, 0.29) is 0 Å². The molecule has 0 saturated heterocycles. The van der Waals surface area contributed by atoms with Crippen molar-refractivity contribution in [1.29, 1.82) is 0 Å². The van der Waals surface area contributed by atoms with Crippen LogP contribution in [0, 0.1) is 5.92 Å². The van der Waals surface area contributed by atoms with Gasteiger partial charge in [-0.25, -0.2) is 0 Å². The van der Waals surface area contributed by atoms with Crippen LogP contribution < -0.4 is 0 Å². The van der Waals surface area contributed by atoms with Crippen LogP contribution in [0.2, 0.25) is 0 Å². The highest BCUT2D eigenvalue weighted by molar-refractivity contribution is 5.01. The fourth-order valence-corrected chi connectivity index (χ4v) is 2.60. The minimum absolute atomic E-state index is 0.891. The first kappa shape index (κ1) is 16.6. The van der Waals surface area contributed by atoms with E-state index in [1.54, 1.807) is 0 Å². The molecule has 0 N–H and O–H groups in total. The second-order valence-corrected chi connectivity index (χ2v) is 6.52. The molecule has 0 aliphatic carbocycles. The van der Waals surface area contributed by atoms with Gasteiger partial charge in [-0.2, -0.15) is 0 Å². The fraction of sp³-hybridized carbons (Fsp3) is 0.889. The lowest BCUT2D eigenvalue weighted by atomic mass is 10.0. The average molecular weight is 266 g/mol. The van der Waals surface area contributed by atoms with Crippen molar-refractivity contribution in [3.8, 4) is 0 Å². The molecule has 0 aromatic heterocycles. The molecule has 19 heavy (non-hydrogen) atoms. The molecule has 1 aliphatic heterocycles. The number of unbranched alkanes of at least 4 members (excludes halogenated alkanes) is 10. The maximum atomic E-state index is 5.01. The van der Waals surface area contributed by atoms with E-state index in [0.29, 0.717) is 0 Å². The quantitative estimate of drug-likeness (QED) is 0.323. The van der Waals surface area contributed by atoms with Crippen molar-refractivity contribution in [2.24, 2.45) is 5.92 Å². The molecule has 0 unspecified atom stereocenters. The van der Waals surface area contributed by atoms with E-state index in [2.05, 4.69) is 13.8 Å². The van der Waals surface area contributed by atoms with Crippen molar-refractivity contribution in [3.63, 3.8) is 0 Å². The van der Waals surface area contributed by atoms with Gasteiger partial charge in [0.1, 0.15) is 12.0 Å². The number of allylic oxidation sites excluding steroid dienone is 1. The monoisotopic (exact) mass is 266 g/mol. The number of rotatable bonds is 14. The van der Waals surface area contributed by atoms with Crippen LogP contribution in [0.5, 0.6) is 0 Å². The third-order valence-electron chi connectivity index (χ3n) is 3.99. The lowest BCUT2D eigenvalue weighted by Crippen LogP contribution is -1.87. The van der Waals surface area contributed by atoms with E-state index in [1.165, 1.54) is 89.2 Å². The van der Waals surface area contributed by atoms with Gasteiger partial charge in [0, 0.05) is 6.42 Å². The molecular weight excluding hydrogens is 232 g/mol. The molecule has 1 heterocycles. The fourth-order valence-electron chi connectivity index (χ4n) is 2.60. The Morgan fingerprint density at radius 1 is 0.737 bits per heavy atom. The Bertz CT molecular complexity index is 230. The molecule has 0 aromatic carbocycles. The van der Waals surface area contributed by atoms with Crippen LogP contribution >= 0.6 is 0 Å². The summed E-state index contributed by atoms with van der Waals surface area (Å²) in [5, 5.41) is 0. The molecule has 0 amide bonds. The van der Waals surface area contributed by atoms with Gasteiger partial charge in [-0.3, -0.25) is 0 Å². The third kappa shape index (κ3) is 12.3. The summed E-state index contributed by atoms with van der Waals surface area (Å²) >= 11 is 0. The van der Waals surface area contributed by atoms with Crippen LogP contribution in [0.15, 0.2) is 12.0 Å². The van der Waals surface area contributed by atoms with E-state index in [4.69, 9.17) is 4.74 Å². The highest BCUT2D eigenvalue weighted by Crippen LogP contribution is 2.21. The summed E-state index contributed by atoms with van der Waals surface area (Å²) in [6, 6.07) is 0. The SMILES string of the molecule is CC(C)CCCCCCCCCCCCCC1=CO1. The van der Waals surface area contributed by atoms with Crippen molar-refractivity contribution in [2.45, 2.75) is 97.3 Å². The van der Waals surface area contributed by atoms with Gasteiger partial charge in [-0.05, 0) is 12.3 Å². The lowest BCUT2D eigenvalue weighted by molar-refractivity contribution is 0.469. The zero-order valence-electron chi connectivity index (χ0n) is 13.3. The Kier molecular flexibility index (Phi) is 9.93. The highest BCUT2D eigenvalue weighted by atomic mass is 16.5. The predicted octanol–water partition coefficient (Wildman–Crippen LogP) is 6.59. The second kappa shape index (κ2) is 11.4. The molecule has 1 heteroatoms. The van der Waals surface area contributed by atoms with Gasteiger partial charge in [-0.15, -0.1) is 0 Å². The van der Waals surface area contributed by atoms with Crippen LogP contribution in [-0.2, 0) is 4.74 Å². The first-order chi connectivity index (χ1) is 9.29. The highest BCUT2D eigenvalue weighted by Gasteiger charge is 2.07. The Morgan fingerprint density at radius 3 is 1.58 bits per heavy atom. The van der Waals surface area contributed by atoms with Gasteiger partial charge < -0.3 is 4.74 Å². The zero-order valence-corrected chi connectivity index (χ0v) is 13.3. The van der Waals surface area contributed by atoms with Crippen molar-refractivity contribution in [1.82, 2.24) is 0 Å².